The second kappa shape index (κ2) is 7.93. The Kier molecular flexibility index (Phi) is 6.50. The highest BCUT2D eigenvalue weighted by Gasteiger charge is 2.06. The van der Waals surface area contributed by atoms with Crippen molar-refractivity contribution in [3.05, 3.63) is 29.5 Å². The van der Waals surface area contributed by atoms with Gasteiger partial charge in [0, 0.05) is 34.7 Å². The molecule has 0 heterocycles. The van der Waals surface area contributed by atoms with Gasteiger partial charge in [-0.15, -0.1) is 0 Å². The van der Waals surface area contributed by atoms with Crippen LogP contribution in [0.1, 0.15) is 20.3 Å². The van der Waals surface area contributed by atoms with E-state index in [4.69, 9.17) is 4.74 Å². The van der Waals surface area contributed by atoms with Crippen LogP contribution in [0.5, 0.6) is 5.75 Å². The van der Waals surface area contributed by atoms with Gasteiger partial charge in [0.15, 0.2) is 0 Å². The summed E-state index contributed by atoms with van der Waals surface area (Å²) in [7, 11) is 0. The molecule has 0 aromatic heterocycles. The molecule has 0 spiro atoms. The number of rotatable bonds is 5. The second-order valence-corrected chi connectivity index (χ2v) is 4.24. The molecular weight excluding hydrogens is 343 g/mol. The average Bonchev–Trinajstić information content (AvgIpc) is 2.39. The lowest BCUT2D eigenvalue weighted by Gasteiger charge is -2.04. The number of benzene rings is 1. The Bertz CT molecular complexity index is 460. The van der Waals surface area contributed by atoms with Crippen LogP contribution in [0.15, 0.2) is 29.4 Å². The van der Waals surface area contributed by atoms with E-state index in [1.54, 1.807) is 24.3 Å². The molecule has 1 aromatic rings. The highest BCUT2D eigenvalue weighted by atomic mass is 127. The average molecular weight is 358 g/mol. The Labute approximate surface area is 121 Å². The van der Waals surface area contributed by atoms with Crippen molar-refractivity contribution >= 4 is 28.3 Å². The molecule has 1 aromatic carbocycles. The Morgan fingerprint density at radius 1 is 1.44 bits per heavy atom. The SMILES string of the molecule is CCC(C)N=[N+]([O-])c1ccc(OCC#CI)cc1. The van der Waals surface area contributed by atoms with Crippen LogP contribution < -0.4 is 4.74 Å². The molecule has 18 heavy (non-hydrogen) atoms. The number of hydrogen-bond donors (Lipinski definition) is 0. The van der Waals surface area contributed by atoms with Crippen molar-refractivity contribution < 1.29 is 9.60 Å². The highest BCUT2D eigenvalue weighted by Crippen LogP contribution is 2.18. The zero-order valence-corrected chi connectivity index (χ0v) is 12.5. The predicted octanol–water partition coefficient (Wildman–Crippen LogP) is 3.85. The molecule has 1 atom stereocenters. The van der Waals surface area contributed by atoms with Crippen LogP contribution in [0, 0.1) is 15.1 Å². The Morgan fingerprint density at radius 3 is 2.67 bits per heavy atom. The fraction of sp³-hybridized carbons (Fsp3) is 0.385. The van der Waals surface area contributed by atoms with Gasteiger partial charge in [0.1, 0.15) is 18.4 Å². The third-order valence-electron chi connectivity index (χ3n) is 2.33. The molecule has 4 nitrogen and oxygen atoms in total. The third-order valence-corrected chi connectivity index (χ3v) is 2.71. The van der Waals surface area contributed by atoms with Crippen molar-refractivity contribution in [1.29, 1.82) is 0 Å². The van der Waals surface area contributed by atoms with E-state index in [2.05, 4.69) is 15.0 Å². The lowest BCUT2D eigenvalue weighted by atomic mass is 10.3. The van der Waals surface area contributed by atoms with Gasteiger partial charge in [0.05, 0.1) is 0 Å². The van der Waals surface area contributed by atoms with E-state index in [-0.39, 0.29) is 6.04 Å². The van der Waals surface area contributed by atoms with Gasteiger partial charge >= 0.3 is 0 Å². The first kappa shape index (κ1) is 14.8. The smallest absolute Gasteiger partial charge is 0.244 e. The van der Waals surface area contributed by atoms with E-state index in [0.717, 1.165) is 6.42 Å². The summed E-state index contributed by atoms with van der Waals surface area (Å²) in [6.45, 7) is 4.25. The monoisotopic (exact) mass is 358 g/mol. The molecule has 1 rings (SSSR count). The van der Waals surface area contributed by atoms with Crippen molar-refractivity contribution in [2.24, 2.45) is 5.11 Å². The van der Waals surface area contributed by atoms with Crippen LogP contribution in [-0.4, -0.2) is 17.5 Å². The zero-order chi connectivity index (χ0) is 13.4. The van der Waals surface area contributed by atoms with Crippen molar-refractivity contribution in [1.82, 2.24) is 0 Å². The van der Waals surface area contributed by atoms with Crippen LogP contribution in [0.2, 0.25) is 0 Å². The summed E-state index contributed by atoms with van der Waals surface area (Å²) < 4.78 is 8.07. The summed E-state index contributed by atoms with van der Waals surface area (Å²) in [5, 5.41) is 15.7. The van der Waals surface area contributed by atoms with Gasteiger partial charge in [0.2, 0.25) is 5.69 Å². The molecule has 0 aliphatic rings. The molecule has 5 heteroatoms. The molecule has 0 saturated carbocycles. The number of nitrogens with zero attached hydrogens (tertiary/aromatic N) is 2. The lowest BCUT2D eigenvalue weighted by molar-refractivity contribution is -0.445. The van der Waals surface area contributed by atoms with Gasteiger partial charge in [-0.2, -0.15) is 0 Å². The highest BCUT2D eigenvalue weighted by molar-refractivity contribution is 14.1. The molecule has 1 unspecified atom stereocenters. The first-order chi connectivity index (χ1) is 8.67. The molecule has 96 valence electrons. The molecule has 0 bridgehead atoms. The summed E-state index contributed by atoms with van der Waals surface area (Å²) >= 11 is 1.96. The maximum Gasteiger partial charge on any atom is 0.244 e. The fourth-order valence-corrected chi connectivity index (χ4v) is 1.30. The molecule has 0 radical (unpaired) electrons. The van der Waals surface area contributed by atoms with Gasteiger partial charge in [-0.05, 0) is 34.5 Å². The number of hydrogen-bond acceptors (Lipinski definition) is 3. The number of halogens is 1. The summed E-state index contributed by atoms with van der Waals surface area (Å²) in [5.41, 5.74) is 0.502. The van der Waals surface area contributed by atoms with Crippen molar-refractivity contribution in [2.45, 2.75) is 26.3 Å². The largest absolute Gasteiger partial charge is 0.594 e. The van der Waals surface area contributed by atoms with E-state index >= 15 is 0 Å². The minimum absolute atomic E-state index is 0.0253. The topological polar surface area (TPSA) is 47.7 Å². The first-order valence-corrected chi connectivity index (χ1v) is 6.74. The Morgan fingerprint density at radius 2 is 2.11 bits per heavy atom. The van der Waals surface area contributed by atoms with Gasteiger partial charge in [-0.25, -0.2) is 0 Å². The fourth-order valence-electron chi connectivity index (χ4n) is 1.14. The van der Waals surface area contributed by atoms with E-state index < -0.39 is 0 Å². The predicted molar refractivity (Wildman–Crippen MR) is 79.2 cm³/mol. The second-order valence-electron chi connectivity index (χ2n) is 3.70. The zero-order valence-electron chi connectivity index (χ0n) is 10.4. The van der Waals surface area contributed by atoms with E-state index in [9.17, 15) is 5.21 Å². The standard InChI is InChI=1S/C13H15IN2O2/c1-3-11(2)15-16(17)12-5-7-13(8-6-12)18-10-4-9-14/h5-8,11H,3,10H2,1-2H3. The van der Waals surface area contributed by atoms with E-state index in [0.29, 0.717) is 22.9 Å². The summed E-state index contributed by atoms with van der Waals surface area (Å²) in [6.07, 6.45) is 0.842. The molecule has 0 aliphatic carbocycles. The van der Waals surface area contributed by atoms with Crippen molar-refractivity contribution in [3.8, 4) is 15.6 Å². The first-order valence-electron chi connectivity index (χ1n) is 5.66. The molecular formula is C13H15IN2O2. The molecule has 0 saturated heterocycles. The maximum absolute atomic E-state index is 11.7. The molecule has 0 fully saturated rings. The van der Waals surface area contributed by atoms with E-state index in [1.807, 2.05) is 36.4 Å². The van der Waals surface area contributed by atoms with Gasteiger partial charge in [-0.1, -0.05) is 17.7 Å². The summed E-state index contributed by atoms with van der Waals surface area (Å²) in [4.78, 5) is 0.655. The van der Waals surface area contributed by atoms with Crippen molar-refractivity contribution in [2.75, 3.05) is 6.61 Å². The Balaban J connectivity index is 2.69. The summed E-state index contributed by atoms with van der Waals surface area (Å²) in [5.74, 6) is 3.48. The minimum atomic E-state index is 0.0253. The van der Waals surface area contributed by atoms with Gasteiger partial charge < -0.3 is 9.94 Å². The summed E-state index contributed by atoms with van der Waals surface area (Å²) in [6, 6.07) is 6.87. The normalized spacial score (nSPS) is 12.5. The lowest BCUT2D eigenvalue weighted by Crippen LogP contribution is -2.01. The molecule has 0 aliphatic heterocycles. The van der Waals surface area contributed by atoms with Crippen LogP contribution in [0.4, 0.5) is 5.69 Å². The van der Waals surface area contributed by atoms with Crippen LogP contribution >= 0.6 is 22.6 Å². The molecule has 0 amide bonds. The quantitative estimate of drug-likeness (QED) is 0.264. The van der Waals surface area contributed by atoms with Crippen molar-refractivity contribution in [3.63, 3.8) is 0 Å². The van der Waals surface area contributed by atoms with Gasteiger partial charge in [0.25, 0.3) is 0 Å². The van der Waals surface area contributed by atoms with Crippen LogP contribution in [0.3, 0.4) is 0 Å². The minimum Gasteiger partial charge on any atom is -0.594 e. The third kappa shape index (κ3) is 4.92. The van der Waals surface area contributed by atoms with Gasteiger partial charge in [-0.3, -0.25) is 0 Å². The number of ether oxygens (including phenoxy) is 1. The van der Waals surface area contributed by atoms with Crippen LogP contribution in [-0.2, 0) is 0 Å². The van der Waals surface area contributed by atoms with Crippen LogP contribution in [0.25, 0.3) is 0 Å². The Hall–Kier alpha value is -1.29. The molecule has 0 N–H and O–H groups in total. The van der Waals surface area contributed by atoms with E-state index in [1.165, 1.54) is 0 Å². The maximum atomic E-state index is 11.7. The number of azo groups is 1.